The van der Waals surface area contributed by atoms with E-state index in [0.717, 1.165) is 25.9 Å². The first-order valence-electron chi connectivity index (χ1n) is 8.26. The number of hydrogen-bond donors (Lipinski definition) is 1. The van der Waals surface area contributed by atoms with Crippen LogP contribution in [0.3, 0.4) is 0 Å². The third-order valence-corrected chi connectivity index (χ3v) is 5.86. The molecule has 1 N–H and O–H groups in total. The van der Waals surface area contributed by atoms with Crippen molar-refractivity contribution in [1.82, 2.24) is 9.88 Å². The lowest BCUT2D eigenvalue weighted by Gasteiger charge is -2.50. The lowest BCUT2D eigenvalue weighted by atomic mass is 9.75. The second-order valence-corrected chi connectivity index (χ2v) is 7.00. The van der Waals surface area contributed by atoms with Crippen molar-refractivity contribution in [3.63, 3.8) is 0 Å². The van der Waals surface area contributed by atoms with Crippen LogP contribution in [0.2, 0.25) is 0 Å². The van der Waals surface area contributed by atoms with E-state index in [1.807, 2.05) is 6.92 Å². The van der Waals surface area contributed by atoms with Gasteiger partial charge < -0.3 is 9.72 Å². The number of carbonyl (C=O) groups excluding carboxylic acids is 1. The molecule has 2 aromatic rings. The molecule has 0 amide bonds. The summed E-state index contributed by atoms with van der Waals surface area (Å²) >= 11 is 0. The smallest absolute Gasteiger partial charge is 0.311 e. The van der Waals surface area contributed by atoms with Crippen molar-refractivity contribution < 1.29 is 9.53 Å². The molecule has 114 valence electrons. The van der Waals surface area contributed by atoms with E-state index in [0.29, 0.717) is 5.92 Å². The van der Waals surface area contributed by atoms with Crippen LogP contribution in [0.15, 0.2) is 24.3 Å². The molecule has 4 nitrogen and oxygen atoms in total. The molecular formula is C18H20N2O2. The number of aromatic nitrogens is 1. The molecule has 0 unspecified atom stereocenters. The highest BCUT2D eigenvalue weighted by Crippen LogP contribution is 2.47. The van der Waals surface area contributed by atoms with Crippen LogP contribution < -0.4 is 0 Å². The van der Waals surface area contributed by atoms with Gasteiger partial charge in [-0.05, 0) is 31.4 Å². The Bertz CT molecular complexity index is 766. The van der Waals surface area contributed by atoms with Crippen molar-refractivity contribution in [2.75, 3.05) is 13.1 Å². The fraction of sp³-hybridized carbons (Fsp3) is 0.500. The summed E-state index contributed by atoms with van der Waals surface area (Å²) < 4.78 is 5.61. The Kier molecular flexibility index (Phi) is 2.51. The number of fused-ring (bicyclic) bond motifs is 8. The van der Waals surface area contributed by atoms with E-state index >= 15 is 0 Å². The van der Waals surface area contributed by atoms with E-state index in [-0.39, 0.29) is 24.0 Å². The minimum absolute atomic E-state index is 0.00930. The maximum atomic E-state index is 12.4. The molecule has 3 aliphatic rings. The molecule has 4 atom stereocenters. The molecule has 4 heterocycles. The van der Waals surface area contributed by atoms with Crippen LogP contribution in [0.4, 0.5) is 0 Å². The summed E-state index contributed by atoms with van der Waals surface area (Å²) in [5, 5.41) is 1.32. The van der Waals surface area contributed by atoms with Crippen molar-refractivity contribution in [2.45, 2.75) is 31.9 Å². The van der Waals surface area contributed by atoms with Gasteiger partial charge in [0, 0.05) is 35.6 Å². The maximum absolute atomic E-state index is 12.4. The average molecular weight is 296 g/mol. The molecule has 0 radical (unpaired) electrons. The summed E-state index contributed by atoms with van der Waals surface area (Å²) in [4.78, 5) is 18.5. The quantitative estimate of drug-likeness (QED) is 0.760. The number of hydrogen-bond acceptors (Lipinski definition) is 3. The second kappa shape index (κ2) is 4.35. The Morgan fingerprint density at radius 2 is 2.18 bits per heavy atom. The predicted octanol–water partition coefficient (Wildman–Crippen LogP) is 2.65. The van der Waals surface area contributed by atoms with Gasteiger partial charge in [0.1, 0.15) is 6.10 Å². The molecule has 2 fully saturated rings. The van der Waals surface area contributed by atoms with Crippen molar-refractivity contribution >= 4 is 16.9 Å². The number of piperidine rings is 1. The van der Waals surface area contributed by atoms with E-state index in [1.165, 1.54) is 22.2 Å². The van der Waals surface area contributed by atoms with Crippen molar-refractivity contribution in [2.24, 2.45) is 11.8 Å². The normalized spacial score (nSPS) is 34.1. The molecule has 0 aliphatic carbocycles. The third kappa shape index (κ3) is 1.59. The van der Waals surface area contributed by atoms with Gasteiger partial charge in [0.2, 0.25) is 0 Å². The predicted molar refractivity (Wildman–Crippen MR) is 83.5 cm³/mol. The van der Waals surface area contributed by atoms with Crippen LogP contribution in [-0.4, -0.2) is 35.0 Å². The van der Waals surface area contributed by atoms with Crippen LogP contribution in [0, 0.1) is 11.8 Å². The van der Waals surface area contributed by atoms with E-state index in [1.54, 1.807) is 0 Å². The van der Waals surface area contributed by atoms with Crippen LogP contribution in [0.1, 0.15) is 30.6 Å². The molecule has 4 heteroatoms. The fourth-order valence-electron chi connectivity index (χ4n) is 4.74. The first-order valence-corrected chi connectivity index (χ1v) is 8.26. The number of para-hydroxylation sites is 1. The minimum Gasteiger partial charge on any atom is -0.462 e. The van der Waals surface area contributed by atoms with Gasteiger partial charge in [-0.2, -0.15) is 0 Å². The highest BCUT2D eigenvalue weighted by molar-refractivity contribution is 5.86. The molecule has 1 aromatic heterocycles. The largest absolute Gasteiger partial charge is 0.462 e. The zero-order valence-corrected chi connectivity index (χ0v) is 12.7. The molecule has 0 spiro atoms. The maximum Gasteiger partial charge on any atom is 0.311 e. The molecular weight excluding hydrogens is 276 g/mol. The van der Waals surface area contributed by atoms with Gasteiger partial charge in [-0.1, -0.05) is 18.2 Å². The molecule has 1 aromatic carbocycles. The Hall–Kier alpha value is -1.81. The monoisotopic (exact) mass is 296 g/mol. The van der Waals surface area contributed by atoms with Crippen LogP contribution in [0.5, 0.6) is 0 Å². The third-order valence-electron chi connectivity index (χ3n) is 5.86. The van der Waals surface area contributed by atoms with Gasteiger partial charge in [-0.3, -0.25) is 9.69 Å². The van der Waals surface area contributed by atoms with Crippen LogP contribution in [-0.2, 0) is 16.0 Å². The SMILES string of the molecule is C[C@H]1OC(=O)[C@H]2C[C@@H]1CN1CCc3c([nH]c4ccccc34)[C@@H]21. The number of cyclic esters (lactones) is 1. The number of aromatic amines is 1. The van der Waals surface area contributed by atoms with Crippen molar-refractivity contribution in [3.05, 3.63) is 35.5 Å². The summed E-state index contributed by atoms with van der Waals surface area (Å²) in [7, 11) is 0. The number of nitrogens with zero attached hydrogens (tertiary/aromatic N) is 1. The van der Waals surface area contributed by atoms with Crippen LogP contribution in [0.25, 0.3) is 10.9 Å². The summed E-state index contributed by atoms with van der Waals surface area (Å²) in [6.07, 6.45) is 2.10. The van der Waals surface area contributed by atoms with E-state index in [9.17, 15) is 4.79 Å². The number of ether oxygens (including phenoxy) is 1. The van der Waals surface area contributed by atoms with Gasteiger partial charge in [0.25, 0.3) is 0 Å². The first-order chi connectivity index (χ1) is 10.7. The van der Waals surface area contributed by atoms with E-state index in [2.05, 4.69) is 34.1 Å². The highest BCUT2D eigenvalue weighted by Gasteiger charge is 2.49. The topological polar surface area (TPSA) is 45.3 Å². The zero-order valence-electron chi connectivity index (χ0n) is 12.7. The standard InChI is InChI=1S/C18H20N2O2/c1-10-11-8-14(18(21)22-10)17-16-13(6-7-20(17)9-11)12-4-2-3-5-15(12)19-16/h2-5,10-11,14,17,19H,6-9H2,1H3/t10-,11-,14+,17-/m1/s1. The minimum atomic E-state index is -0.0120. The van der Waals surface area contributed by atoms with Gasteiger partial charge >= 0.3 is 5.97 Å². The Morgan fingerprint density at radius 3 is 3.09 bits per heavy atom. The Balaban J connectivity index is 1.65. The molecule has 5 rings (SSSR count). The number of rotatable bonds is 0. The fourth-order valence-corrected chi connectivity index (χ4v) is 4.74. The Morgan fingerprint density at radius 1 is 1.32 bits per heavy atom. The Labute approximate surface area is 129 Å². The zero-order chi connectivity index (χ0) is 14.8. The van der Waals surface area contributed by atoms with Gasteiger partial charge in [0.15, 0.2) is 0 Å². The average Bonchev–Trinajstić information content (AvgIpc) is 2.91. The second-order valence-electron chi connectivity index (χ2n) is 7.00. The van der Waals surface area contributed by atoms with Crippen molar-refractivity contribution in [1.29, 1.82) is 0 Å². The number of carbonyl (C=O) groups is 1. The van der Waals surface area contributed by atoms with E-state index in [4.69, 9.17) is 4.74 Å². The number of nitrogens with one attached hydrogen (secondary N) is 1. The molecule has 3 aliphatic heterocycles. The molecule has 2 saturated heterocycles. The molecule has 0 saturated carbocycles. The first kappa shape index (κ1) is 12.7. The summed E-state index contributed by atoms with van der Waals surface area (Å²) in [5.74, 6) is 0.469. The summed E-state index contributed by atoms with van der Waals surface area (Å²) in [5.41, 5.74) is 3.85. The number of esters is 1. The number of benzene rings is 1. The van der Waals surface area contributed by atoms with Crippen LogP contribution >= 0.6 is 0 Å². The highest BCUT2D eigenvalue weighted by atomic mass is 16.5. The number of H-pyrrole nitrogens is 1. The van der Waals surface area contributed by atoms with Gasteiger partial charge in [-0.15, -0.1) is 0 Å². The van der Waals surface area contributed by atoms with Crippen molar-refractivity contribution in [3.8, 4) is 0 Å². The molecule has 22 heavy (non-hydrogen) atoms. The summed E-state index contributed by atoms with van der Waals surface area (Å²) in [6.45, 7) is 4.13. The molecule has 2 bridgehead atoms. The lowest BCUT2D eigenvalue weighted by Crippen LogP contribution is -2.55. The van der Waals surface area contributed by atoms with E-state index < -0.39 is 0 Å². The summed E-state index contributed by atoms with van der Waals surface area (Å²) in [6, 6.07) is 8.65. The van der Waals surface area contributed by atoms with Gasteiger partial charge in [-0.25, -0.2) is 0 Å². The van der Waals surface area contributed by atoms with Gasteiger partial charge in [0.05, 0.1) is 12.0 Å². The lowest BCUT2D eigenvalue weighted by molar-refractivity contribution is -0.177.